The standard InChI is InChI=1S/C14H20FNO3S/c1-11(2)10-20(17,18)14-5-3-13(4-6-14)19-9-12(15)7-8-16/h3-7,11H,8-10,16H2,1-2H3/b12-7-. The number of sulfone groups is 1. The fourth-order valence-corrected chi connectivity index (χ4v) is 3.24. The Bertz CT molecular complexity index is 550. The largest absolute Gasteiger partial charge is 0.487 e. The van der Waals surface area contributed by atoms with Crippen LogP contribution in [0.4, 0.5) is 4.39 Å². The zero-order chi connectivity index (χ0) is 15.2. The molecule has 1 aromatic carbocycles. The van der Waals surface area contributed by atoms with Crippen LogP contribution in [0, 0.1) is 5.92 Å². The second kappa shape index (κ2) is 7.40. The third-order valence-corrected chi connectivity index (χ3v) is 4.55. The predicted octanol–water partition coefficient (Wildman–Crippen LogP) is 2.31. The highest BCUT2D eigenvalue weighted by molar-refractivity contribution is 7.91. The minimum Gasteiger partial charge on any atom is -0.487 e. The highest BCUT2D eigenvalue weighted by atomic mass is 32.2. The molecule has 0 aliphatic rings. The first kappa shape index (κ1) is 16.7. The molecule has 0 unspecified atom stereocenters. The molecule has 0 aliphatic carbocycles. The first-order chi connectivity index (χ1) is 9.35. The number of halogens is 1. The number of nitrogens with two attached hydrogens (primary N) is 1. The second-order valence-electron chi connectivity index (χ2n) is 4.82. The molecule has 2 N–H and O–H groups in total. The van der Waals surface area contributed by atoms with Crippen LogP contribution in [-0.2, 0) is 9.84 Å². The summed E-state index contributed by atoms with van der Waals surface area (Å²) >= 11 is 0. The van der Waals surface area contributed by atoms with Crippen LogP contribution in [-0.4, -0.2) is 27.3 Å². The van der Waals surface area contributed by atoms with E-state index in [-0.39, 0.29) is 29.7 Å². The Morgan fingerprint density at radius 3 is 2.45 bits per heavy atom. The van der Waals surface area contributed by atoms with Gasteiger partial charge in [-0.3, -0.25) is 0 Å². The normalized spacial score (nSPS) is 12.8. The van der Waals surface area contributed by atoms with Crippen molar-refractivity contribution in [1.29, 1.82) is 0 Å². The van der Waals surface area contributed by atoms with Crippen molar-refractivity contribution >= 4 is 9.84 Å². The van der Waals surface area contributed by atoms with Crippen molar-refractivity contribution in [3.8, 4) is 5.75 Å². The number of benzene rings is 1. The van der Waals surface area contributed by atoms with Crippen LogP contribution in [0.15, 0.2) is 41.1 Å². The summed E-state index contributed by atoms with van der Waals surface area (Å²) in [6.07, 6.45) is 1.22. The lowest BCUT2D eigenvalue weighted by Gasteiger charge is -2.08. The third kappa shape index (κ3) is 5.30. The van der Waals surface area contributed by atoms with Crippen molar-refractivity contribution in [2.75, 3.05) is 18.9 Å². The summed E-state index contributed by atoms with van der Waals surface area (Å²) in [6.45, 7) is 3.60. The highest BCUT2D eigenvalue weighted by Gasteiger charge is 2.16. The molecule has 0 atom stereocenters. The van der Waals surface area contributed by atoms with Gasteiger partial charge in [-0.15, -0.1) is 0 Å². The Morgan fingerprint density at radius 1 is 1.35 bits per heavy atom. The fourth-order valence-electron chi connectivity index (χ4n) is 1.62. The van der Waals surface area contributed by atoms with Gasteiger partial charge in [-0.25, -0.2) is 12.8 Å². The minimum atomic E-state index is -3.27. The van der Waals surface area contributed by atoms with Gasteiger partial charge in [-0.05, 0) is 36.3 Å². The van der Waals surface area contributed by atoms with Crippen molar-refractivity contribution in [3.05, 3.63) is 36.2 Å². The molecule has 0 aromatic heterocycles. The average Bonchev–Trinajstić information content (AvgIpc) is 2.36. The van der Waals surface area contributed by atoms with Gasteiger partial charge in [0, 0.05) is 6.54 Å². The zero-order valence-corrected chi connectivity index (χ0v) is 12.5. The molecule has 0 radical (unpaired) electrons. The fraction of sp³-hybridized carbons (Fsp3) is 0.429. The van der Waals surface area contributed by atoms with Gasteiger partial charge in [0.2, 0.25) is 0 Å². The first-order valence-corrected chi connectivity index (χ1v) is 8.00. The first-order valence-electron chi connectivity index (χ1n) is 6.35. The van der Waals surface area contributed by atoms with Crippen LogP contribution in [0.2, 0.25) is 0 Å². The second-order valence-corrected chi connectivity index (χ2v) is 6.86. The van der Waals surface area contributed by atoms with Crippen LogP contribution in [0.25, 0.3) is 0 Å². The van der Waals surface area contributed by atoms with Gasteiger partial charge in [-0.2, -0.15) is 0 Å². The average molecular weight is 301 g/mol. The lowest BCUT2D eigenvalue weighted by molar-refractivity contribution is 0.318. The molecule has 20 heavy (non-hydrogen) atoms. The number of ether oxygens (including phenoxy) is 1. The van der Waals surface area contributed by atoms with E-state index in [4.69, 9.17) is 10.5 Å². The van der Waals surface area contributed by atoms with E-state index in [1.807, 2.05) is 13.8 Å². The van der Waals surface area contributed by atoms with Gasteiger partial charge < -0.3 is 10.5 Å². The molecular weight excluding hydrogens is 281 g/mol. The van der Waals surface area contributed by atoms with E-state index in [9.17, 15) is 12.8 Å². The van der Waals surface area contributed by atoms with E-state index in [2.05, 4.69) is 0 Å². The molecule has 0 saturated heterocycles. The molecular formula is C14H20FNO3S. The molecule has 0 aliphatic heterocycles. The number of hydrogen-bond acceptors (Lipinski definition) is 4. The molecule has 0 heterocycles. The lowest BCUT2D eigenvalue weighted by Crippen LogP contribution is -2.11. The molecule has 4 nitrogen and oxygen atoms in total. The maximum atomic E-state index is 13.1. The highest BCUT2D eigenvalue weighted by Crippen LogP contribution is 2.19. The van der Waals surface area contributed by atoms with E-state index < -0.39 is 15.7 Å². The summed E-state index contributed by atoms with van der Waals surface area (Å²) in [5, 5.41) is 0. The molecule has 1 rings (SSSR count). The van der Waals surface area contributed by atoms with Crippen molar-refractivity contribution in [1.82, 2.24) is 0 Å². The summed E-state index contributed by atoms with van der Waals surface area (Å²) in [5.74, 6) is 0.116. The van der Waals surface area contributed by atoms with Gasteiger partial charge in [0.05, 0.1) is 10.6 Å². The third-order valence-electron chi connectivity index (χ3n) is 2.45. The molecule has 0 fully saturated rings. The minimum absolute atomic E-state index is 0.0615. The monoisotopic (exact) mass is 301 g/mol. The Kier molecular flexibility index (Phi) is 6.16. The number of hydrogen-bond donors (Lipinski definition) is 1. The summed E-state index contributed by atoms with van der Waals surface area (Å²) in [4.78, 5) is 0.247. The summed E-state index contributed by atoms with van der Waals surface area (Å²) in [5.41, 5.74) is 5.17. The number of rotatable bonds is 7. The zero-order valence-electron chi connectivity index (χ0n) is 11.7. The van der Waals surface area contributed by atoms with E-state index in [0.717, 1.165) is 0 Å². The maximum Gasteiger partial charge on any atom is 0.178 e. The van der Waals surface area contributed by atoms with Gasteiger partial charge in [0.15, 0.2) is 9.84 Å². The smallest absolute Gasteiger partial charge is 0.178 e. The van der Waals surface area contributed by atoms with Crippen molar-refractivity contribution in [3.63, 3.8) is 0 Å². The maximum absolute atomic E-state index is 13.1. The topological polar surface area (TPSA) is 69.4 Å². The summed E-state index contributed by atoms with van der Waals surface area (Å²) in [7, 11) is -3.27. The molecule has 112 valence electrons. The van der Waals surface area contributed by atoms with E-state index in [1.54, 1.807) is 0 Å². The molecule has 0 amide bonds. The predicted molar refractivity (Wildman–Crippen MR) is 77.1 cm³/mol. The van der Waals surface area contributed by atoms with Crippen LogP contribution in [0.3, 0.4) is 0 Å². The van der Waals surface area contributed by atoms with Gasteiger partial charge in [0.25, 0.3) is 0 Å². The molecule has 0 saturated carbocycles. The SMILES string of the molecule is CC(C)CS(=O)(=O)c1ccc(OC/C(F)=C/CN)cc1. The quantitative estimate of drug-likeness (QED) is 0.839. The summed E-state index contributed by atoms with van der Waals surface area (Å²) in [6, 6.07) is 5.97. The van der Waals surface area contributed by atoms with Crippen molar-refractivity contribution < 1.29 is 17.5 Å². The van der Waals surface area contributed by atoms with Gasteiger partial charge in [0.1, 0.15) is 18.2 Å². The van der Waals surface area contributed by atoms with Crippen LogP contribution in [0.5, 0.6) is 5.75 Å². The molecule has 1 aromatic rings. The van der Waals surface area contributed by atoms with Crippen LogP contribution < -0.4 is 10.5 Å². The van der Waals surface area contributed by atoms with E-state index in [0.29, 0.717) is 5.75 Å². The Balaban J connectivity index is 2.72. The summed E-state index contributed by atoms with van der Waals surface area (Å²) < 4.78 is 42.2. The Labute approximate surface area is 119 Å². The Morgan fingerprint density at radius 2 is 1.95 bits per heavy atom. The van der Waals surface area contributed by atoms with Crippen molar-refractivity contribution in [2.45, 2.75) is 18.7 Å². The van der Waals surface area contributed by atoms with Crippen molar-refractivity contribution in [2.24, 2.45) is 11.7 Å². The van der Waals surface area contributed by atoms with Gasteiger partial charge in [-0.1, -0.05) is 13.8 Å². The Hall–Kier alpha value is -1.40. The van der Waals surface area contributed by atoms with Gasteiger partial charge >= 0.3 is 0 Å². The van der Waals surface area contributed by atoms with E-state index in [1.165, 1.54) is 30.3 Å². The van der Waals surface area contributed by atoms with E-state index >= 15 is 0 Å². The lowest BCUT2D eigenvalue weighted by atomic mass is 10.3. The van der Waals surface area contributed by atoms with Crippen LogP contribution >= 0.6 is 0 Å². The molecule has 0 bridgehead atoms. The molecule has 0 spiro atoms. The van der Waals surface area contributed by atoms with Crippen LogP contribution in [0.1, 0.15) is 13.8 Å². The molecule has 6 heteroatoms.